The first kappa shape index (κ1) is 7.32. The first-order valence-electron chi connectivity index (χ1n) is 2.52. The summed E-state index contributed by atoms with van der Waals surface area (Å²) >= 11 is 6.75. The summed E-state index contributed by atoms with van der Waals surface area (Å²) in [6.45, 7) is 0. The highest BCUT2D eigenvalue weighted by molar-refractivity contribution is 7.10. The quantitative estimate of drug-likeness (QED) is 0.704. The lowest BCUT2D eigenvalue weighted by atomic mass is 10.4. The Hall–Kier alpha value is -0.790. The van der Waals surface area contributed by atoms with Gasteiger partial charge >= 0.3 is 0 Å². The molecular weight excluding hydrogens is 170 g/mol. The van der Waals surface area contributed by atoms with Crippen molar-refractivity contribution in [1.82, 2.24) is 4.37 Å². The van der Waals surface area contributed by atoms with Gasteiger partial charge < -0.3 is 5.32 Å². The Labute approximate surface area is 67.4 Å². The summed E-state index contributed by atoms with van der Waals surface area (Å²) in [6.07, 6.45) is 0. The van der Waals surface area contributed by atoms with Gasteiger partial charge in [0.05, 0.1) is 0 Å². The summed E-state index contributed by atoms with van der Waals surface area (Å²) in [5.41, 5.74) is 0.425. The molecule has 0 atom stereocenters. The first-order chi connectivity index (χ1) is 4.79. The Kier molecular flexibility index (Phi) is 2.10. The van der Waals surface area contributed by atoms with Crippen LogP contribution in [0.2, 0.25) is 5.15 Å². The molecule has 0 aliphatic carbocycles. The molecule has 1 rings (SSSR count). The van der Waals surface area contributed by atoms with E-state index >= 15 is 0 Å². The summed E-state index contributed by atoms with van der Waals surface area (Å²) in [6, 6.07) is 1.95. The van der Waals surface area contributed by atoms with Crippen LogP contribution in [-0.4, -0.2) is 11.4 Å². The van der Waals surface area contributed by atoms with Crippen molar-refractivity contribution in [1.29, 1.82) is 5.26 Å². The Morgan fingerprint density at radius 2 is 2.50 bits per heavy atom. The minimum absolute atomic E-state index is 0.275. The van der Waals surface area contributed by atoms with Gasteiger partial charge in [0.25, 0.3) is 0 Å². The minimum Gasteiger partial charge on any atom is -0.378 e. The summed E-state index contributed by atoms with van der Waals surface area (Å²) in [5, 5.41) is 12.3. The zero-order chi connectivity index (χ0) is 7.56. The molecule has 0 fully saturated rings. The Morgan fingerprint density at radius 3 is 2.90 bits per heavy atom. The molecule has 0 aromatic carbocycles. The van der Waals surface area contributed by atoms with Crippen LogP contribution in [0.3, 0.4) is 0 Å². The van der Waals surface area contributed by atoms with Crippen molar-refractivity contribution in [3.63, 3.8) is 0 Å². The standard InChI is InChI=1S/C5H4ClN3S/c1-8-5-3(2-7)4(6)9-10-5/h8H,1H3. The molecule has 0 amide bonds. The average Bonchev–Trinajstić information content (AvgIpc) is 2.30. The van der Waals surface area contributed by atoms with Crippen LogP contribution < -0.4 is 5.32 Å². The number of hydrogen-bond acceptors (Lipinski definition) is 4. The molecule has 10 heavy (non-hydrogen) atoms. The van der Waals surface area contributed by atoms with E-state index in [1.807, 2.05) is 6.07 Å². The van der Waals surface area contributed by atoms with E-state index in [1.165, 1.54) is 11.5 Å². The molecule has 1 aromatic rings. The van der Waals surface area contributed by atoms with Gasteiger partial charge in [0.1, 0.15) is 16.6 Å². The van der Waals surface area contributed by atoms with Gasteiger partial charge in [-0.05, 0) is 11.5 Å². The zero-order valence-electron chi connectivity index (χ0n) is 5.18. The highest BCUT2D eigenvalue weighted by Crippen LogP contribution is 2.26. The SMILES string of the molecule is CNc1snc(Cl)c1C#N. The third-order valence-electron chi connectivity index (χ3n) is 0.989. The lowest BCUT2D eigenvalue weighted by Crippen LogP contribution is -1.85. The monoisotopic (exact) mass is 173 g/mol. The summed E-state index contributed by atoms with van der Waals surface area (Å²) < 4.78 is 3.78. The van der Waals surface area contributed by atoms with Crippen LogP contribution in [0.15, 0.2) is 0 Å². The molecule has 1 aromatic heterocycles. The Morgan fingerprint density at radius 1 is 1.80 bits per heavy atom. The molecule has 1 N–H and O–H groups in total. The van der Waals surface area contributed by atoms with Crippen LogP contribution in [0.5, 0.6) is 0 Å². The second kappa shape index (κ2) is 2.86. The summed E-state index contributed by atoms with van der Waals surface area (Å²) in [4.78, 5) is 0. The van der Waals surface area contributed by atoms with E-state index in [2.05, 4.69) is 9.69 Å². The fourth-order valence-corrected chi connectivity index (χ4v) is 1.42. The van der Waals surface area contributed by atoms with Crippen LogP contribution >= 0.6 is 23.1 Å². The van der Waals surface area contributed by atoms with Crippen molar-refractivity contribution < 1.29 is 0 Å². The van der Waals surface area contributed by atoms with Gasteiger partial charge in [-0.1, -0.05) is 11.6 Å². The third-order valence-corrected chi connectivity index (χ3v) is 2.23. The molecule has 0 aliphatic heterocycles. The van der Waals surface area contributed by atoms with Crippen molar-refractivity contribution in [3.8, 4) is 6.07 Å². The van der Waals surface area contributed by atoms with E-state index in [4.69, 9.17) is 16.9 Å². The molecule has 0 aliphatic rings. The van der Waals surface area contributed by atoms with Crippen LogP contribution in [0.4, 0.5) is 5.00 Å². The minimum atomic E-state index is 0.275. The lowest BCUT2D eigenvalue weighted by molar-refractivity contribution is 1.46. The zero-order valence-corrected chi connectivity index (χ0v) is 6.75. The number of anilines is 1. The van der Waals surface area contributed by atoms with Crippen molar-refractivity contribution in [3.05, 3.63) is 10.7 Å². The van der Waals surface area contributed by atoms with Crippen LogP contribution in [-0.2, 0) is 0 Å². The van der Waals surface area contributed by atoms with E-state index in [1.54, 1.807) is 7.05 Å². The number of hydrogen-bond donors (Lipinski definition) is 1. The maximum atomic E-state index is 8.51. The second-order valence-corrected chi connectivity index (χ2v) is 2.67. The fourth-order valence-electron chi connectivity index (χ4n) is 0.538. The van der Waals surface area contributed by atoms with Gasteiger partial charge in [-0.3, -0.25) is 0 Å². The highest BCUT2D eigenvalue weighted by atomic mass is 35.5. The normalized spacial score (nSPS) is 8.90. The van der Waals surface area contributed by atoms with E-state index < -0.39 is 0 Å². The molecule has 0 unspecified atom stereocenters. The molecule has 0 spiro atoms. The first-order valence-corrected chi connectivity index (χ1v) is 3.67. The molecule has 0 saturated carbocycles. The van der Waals surface area contributed by atoms with E-state index in [0.29, 0.717) is 10.6 Å². The van der Waals surface area contributed by atoms with E-state index in [0.717, 1.165) is 0 Å². The van der Waals surface area contributed by atoms with Gasteiger partial charge in [0.15, 0.2) is 5.15 Å². The van der Waals surface area contributed by atoms with Crippen molar-refractivity contribution in [2.45, 2.75) is 0 Å². The molecule has 1 heterocycles. The van der Waals surface area contributed by atoms with E-state index in [-0.39, 0.29) is 5.15 Å². The largest absolute Gasteiger partial charge is 0.378 e. The molecule has 5 heteroatoms. The van der Waals surface area contributed by atoms with Crippen LogP contribution in [0, 0.1) is 11.3 Å². The van der Waals surface area contributed by atoms with Gasteiger partial charge in [-0.2, -0.15) is 9.64 Å². The van der Waals surface area contributed by atoms with Crippen molar-refractivity contribution in [2.75, 3.05) is 12.4 Å². The number of aromatic nitrogens is 1. The average molecular weight is 174 g/mol. The number of nitriles is 1. The number of nitrogens with one attached hydrogen (secondary N) is 1. The Balaban J connectivity index is 3.17. The van der Waals surface area contributed by atoms with Crippen LogP contribution in [0.25, 0.3) is 0 Å². The molecule has 0 saturated heterocycles. The number of halogens is 1. The van der Waals surface area contributed by atoms with Gasteiger partial charge in [-0.25, -0.2) is 0 Å². The highest BCUT2D eigenvalue weighted by Gasteiger charge is 2.08. The third kappa shape index (κ3) is 1.06. The predicted molar refractivity (Wildman–Crippen MR) is 41.4 cm³/mol. The Bertz CT molecular complexity index is 275. The maximum Gasteiger partial charge on any atom is 0.162 e. The second-order valence-electron chi connectivity index (χ2n) is 1.54. The number of rotatable bonds is 1. The predicted octanol–water partition coefficient (Wildman–Crippen LogP) is 1.71. The van der Waals surface area contributed by atoms with Gasteiger partial charge in [0.2, 0.25) is 0 Å². The lowest BCUT2D eigenvalue weighted by Gasteiger charge is -1.89. The van der Waals surface area contributed by atoms with Crippen molar-refractivity contribution in [2.24, 2.45) is 0 Å². The van der Waals surface area contributed by atoms with Crippen molar-refractivity contribution >= 4 is 28.1 Å². The fraction of sp³-hybridized carbons (Fsp3) is 0.200. The molecule has 3 nitrogen and oxygen atoms in total. The maximum absolute atomic E-state index is 8.51. The molecule has 52 valence electrons. The van der Waals surface area contributed by atoms with Gasteiger partial charge in [-0.15, -0.1) is 0 Å². The van der Waals surface area contributed by atoms with Crippen LogP contribution in [0.1, 0.15) is 5.56 Å². The van der Waals surface area contributed by atoms with E-state index in [9.17, 15) is 0 Å². The smallest absolute Gasteiger partial charge is 0.162 e. The molecule has 0 bridgehead atoms. The molecule has 0 radical (unpaired) electrons. The summed E-state index contributed by atoms with van der Waals surface area (Å²) in [5.74, 6) is 0. The van der Waals surface area contributed by atoms with Gasteiger partial charge in [0, 0.05) is 7.05 Å². The summed E-state index contributed by atoms with van der Waals surface area (Å²) in [7, 11) is 1.73. The molecular formula is C5H4ClN3S. The number of nitrogens with zero attached hydrogens (tertiary/aromatic N) is 2. The topological polar surface area (TPSA) is 48.7 Å².